The largest absolute Gasteiger partial charge is 0.349 e. The van der Waals surface area contributed by atoms with Gasteiger partial charge in [0.05, 0.1) is 0 Å². The molecule has 1 aromatic heterocycles. The maximum absolute atomic E-state index is 12.2. The molecule has 0 spiro atoms. The van der Waals surface area contributed by atoms with Crippen molar-refractivity contribution in [1.29, 1.82) is 0 Å². The Morgan fingerprint density at radius 1 is 1.37 bits per heavy atom. The highest BCUT2D eigenvalue weighted by atomic mass is 35.5. The standard InChI is InChI=1S/C15H21ClN2O/c1-10-8-11(9-13(16)17-10)14(19)18-12-4-6-15(2,3)7-5-12/h8-9,12H,4-7H2,1-3H3,(H,18,19). The van der Waals surface area contributed by atoms with Gasteiger partial charge in [-0.2, -0.15) is 0 Å². The van der Waals surface area contributed by atoms with E-state index in [9.17, 15) is 4.79 Å². The normalized spacial score (nSPS) is 19.2. The van der Waals surface area contributed by atoms with Crippen molar-refractivity contribution < 1.29 is 4.79 Å². The van der Waals surface area contributed by atoms with Crippen molar-refractivity contribution in [3.8, 4) is 0 Å². The molecule has 2 rings (SSSR count). The van der Waals surface area contributed by atoms with Gasteiger partial charge in [0.25, 0.3) is 5.91 Å². The highest BCUT2D eigenvalue weighted by Crippen LogP contribution is 2.35. The van der Waals surface area contributed by atoms with E-state index in [-0.39, 0.29) is 11.9 Å². The number of aryl methyl sites for hydroxylation is 1. The lowest BCUT2D eigenvalue weighted by atomic mass is 9.75. The summed E-state index contributed by atoms with van der Waals surface area (Å²) in [7, 11) is 0. The number of nitrogens with zero attached hydrogens (tertiary/aromatic N) is 1. The van der Waals surface area contributed by atoms with Gasteiger partial charge in [0, 0.05) is 17.3 Å². The maximum Gasteiger partial charge on any atom is 0.251 e. The second kappa shape index (κ2) is 5.49. The number of carbonyl (C=O) groups excluding carboxylic acids is 1. The van der Waals surface area contributed by atoms with Gasteiger partial charge < -0.3 is 5.32 Å². The van der Waals surface area contributed by atoms with Gasteiger partial charge in [-0.3, -0.25) is 4.79 Å². The summed E-state index contributed by atoms with van der Waals surface area (Å²) in [5, 5.41) is 3.47. The zero-order chi connectivity index (χ0) is 14.0. The van der Waals surface area contributed by atoms with Crippen molar-refractivity contribution in [3.63, 3.8) is 0 Å². The van der Waals surface area contributed by atoms with Gasteiger partial charge in [0.2, 0.25) is 0 Å². The van der Waals surface area contributed by atoms with Gasteiger partial charge in [-0.05, 0) is 50.2 Å². The first kappa shape index (κ1) is 14.3. The first-order chi connectivity index (χ1) is 8.85. The summed E-state index contributed by atoms with van der Waals surface area (Å²) >= 11 is 5.88. The van der Waals surface area contributed by atoms with E-state index in [1.165, 1.54) is 0 Å². The number of halogens is 1. The van der Waals surface area contributed by atoms with Crippen molar-refractivity contribution >= 4 is 17.5 Å². The van der Waals surface area contributed by atoms with E-state index in [1.807, 2.05) is 6.92 Å². The molecule has 1 N–H and O–H groups in total. The molecule has 0 radical (unpaired) electrons. The first-order valence-corrected chi connectivity index (χ1v) is 7.19. The topological polar surface area (TPSA) is 42.0 Å². The number of pyridine rings is 1. The maximum atomic E-state index is 12.2. The van der Waals surface area contributed by atoms with E-state index >= 15 is 0 Å². The highest BCUT2D eigenvalue weighted by molar-refractivity contribution is 6.29. The Balaban J connectivity index is 1.98. The third-order valence-electron chi connectivity index (χ3n) is 3.86. The van der Waals surface area contributed by atoms with Crippen molar-refractivity contribution in [2.24, 2.45) is 5.41 Å². The zero-order valence-corrected chi connectivity index (χ0v) is 12.5. The molecule has 19 heavy (non-hydrogen) atoms. The van der Waals surface area contributed by atoms with Crippen molar-refractivity contribution in [1.82, 2.24) is 10.3 Å². The van der Waals surface area contributed by atoms with Gasteiger partial charge >= 0.3 is 0 Å². The van der Waals surface area contributed by atoms with E-state index < -0.39 is 0 Å². The van der Waals surface area contributed by atoms with Crippen LogP contribution in [0.15, 0.2) is 12.1 Å². The molecular formula is C15H21ClN2O. The lowest BCUT2D eigenvalue weighted by molar-refractivity contribution is 0.0909. The highest BCUT2D eigenvalue weighted by Gasteiger charge is 2.27. The van der Waals surface area contributed by atoms with E-state index in [4.69, 9.17) is 11.6 Å². The zero-order valence-electron chi connectivity index (χ0n) is 11.8. The van der Waals surface area contributed by atoms with Crippen LogP contribution in [0.4, 0.5) is 0 Å². The molecule has 1 saturated carbocycles. The third-order valence-corrected chi connectivity index (χ3v) is 4.05. The second-order valence-corrected chi connectivity index (χ2v) is 6.62. The Morgan fingerprint density at radius 2 is 2.00 bits per heavy atom. The van der Waals surface area contributed by atoms with E-state index in [0.29, 0.717) is 16.1 Å². The Kier molecular flexibility index (Phi) is 4.14. The van der Waals surface area contributed by atoms with Gasteiger partial charge in [-0.15, -0.1) is 0 Å². The molecule has 1 aliphatic carbocycles. The molecule has 0 unspecified atom stereocenters. The summed E-state index contributed by atoms with van der Waals surface area (Å²) in [5.74, 6) is -0.0443. The minimum atomic E-state index is -0.0443. The predicted octanol–water partition coefficient (Wildman–Crippen LogP) is 3.74. The Bertz CT molecular complexity index is 455. The molecule has 1 fully saturated rings. The molecule has 1 amide bonds. The van der Waals surface area contributed by atoms with Gasteiger partial charge in [-0.25, -0.2) is 4.98 Å². The average Bonchev–Trinajstić information content (AvgIpc) is 2.30. The fourth-order valence-corrected chi connectivity index (χ4v) is 2.82. The van der Waals surface area contributed by atoms with Crippen molar-refractivity contribution in [2.45, 2.75) is 52.5 Å². The van der Waals surface area contributed by atoms with Gasteiger partial charge in [-0.1, -0.05) is 25.4 Å². The molecule has 3 nitrogen and oxygen atoms in total. The molecule has 0 atom stereocenters. The van der Waals surface area contributed by atoms with Crippen LogP contribution in [-0.2, 0) is 0 Å². The Hall–Kier alpha value is -1.09. The minimum Gasteiger partial charge on any atom is -0.349 e. The molecule has 0 saturated heterocycles. The van der Waals surface area contributed by atoms with Crippen LogP contribution < -0.4 is 5.32 Å². The van der Waals surface area contributed by atoms with Crippen LogP contribution in [-0.4, -0.2) is 16.9 Å². The van der Waals surface area contributed by atoms with Crippen LogP contribution in [0, 0.1) is 12.3 Å². The van der Waals surface area contributed by atoms with Crippen molar-refractivity contribution in [2.75, 3.05) is 0 Å². The quantitative estimate of drug-likeness (QED) is 0.839. The lowest BCUT2D eigenvalue weighted by Crippen LogP contribution is -2.39. The fraction of sp³-hybridized carbons (Fsp3) is 0.600. The van der Waals surface area contributed by atoms with Crippen LogP contribution in [0.1, 0.15) is 55.6 Å². The summed E-state index contributed by atoms with van der Waals surface area (Å²) < 4.78 is 0. The summed E-state index contributed by atoms with van der Waals surface area (Å²) in [6.45, 7) is 6.42. The molecule has 1 aromatic rings. The number of rotatable bonds is 2. The first-order valence-electron chi connectivity index (χ1n) is 6.81. The SMILES string of the molecule is Cc1cc(C(=O)NC2CCC(C)(C)CC2)cc(Cl)n1. The smallest absolute Gasteiger partial charge is 0.251 e. The number of amides is 1. The fourth-order valence-electron chi connectivity index (χ4n) is 2.57. The molecule has 0 bridgehead atoms. The van der Waals surface area contributed by atoms with Crippen LogP contribution >= 0.6 is 11.6 Å². The van der Waals surface area contributed by atoms with Gasteiger partial charge in [0.15, 0.2) is 0 Å². The summed E-state index contributed by atoms with van der Waals surface area (Å²) in [5.41, 5.74) is 1.78. The van der Waals surface area contributed by atoms with Crippen molar-refractivity contribution in [3.05, 3.63) is 28.5 Å². The molecule has 4 heteroatoms. The molecule has 1 aliphatic rings. The van der Waals surface area contributed by atoms with Crippen LogP contribution in [0.5, 0.6) is 0 Å². The van der Waals surface area contributed by atoms with E-state index in [0.717, 1.165) is 31.4 Å². The van der Waals surface area contributed by atoms with Crippen LogP contribution in [0.3, 0.4) is 0 Å². The number of nitrogens with one attached hydrogen (secondary N) is 1. The molecule has 1 heterocycles. The monoisotopic (exact) mass is 280 g/mol. The predicted molar refractivity (Wildman–Crippen MR) is 77.5 cm³/mol. The summed E-state index contributed by atoms with van der Waals surface area (Å²) in [6.07, 6.45) is 4.43. The number of carbonyl (C=O) groups is 1. The van der Waals surface area contributed by atoms with Crippen LogP contribution in [0.25, 0.3) is 0 Å². The number of aromatic nitrogens is 1. The molecule has 0 aliphatic heterocycles. The lowest BCUT2D eigenvalue weighted by Gasteiger charge is -2.34. The molecule has 0 aromatic carbocycles. The summed E-state index contributed by atoms with van der Waals surface area (Å²) in [6, 6.07) is 3.68. The average molecular weight is 281 g/mol. The number of hydrogen-bond donors (Lipinski definition) is 1. The molecule has 104 valence electrons. The van der Waals surface area contributed by atoms with Gasteiger partial charge in [0.1, 0.15) is 5.15 Å². The summed E-state index contributed by atoms with van der Waals surface area (Å²) in [4.78, 5) is 16.2. The van der Waals surface area contributed by atoms with Crippen LogP contribution in [0.2, 0.25) is 5.15 Å². The Labute approximate surface area is 119 Å². The third kappa shape index (κ3) is 3.93. The minimum absolute atomic E-state index is 0.0443. The second-order valence-electron chi connectivity index (χ2n) is 6.23. The van der Waals surface area contributed by atoms with E-state index in [1.54, 1.807) is 12.1 Å². The molecular weight excluding hydrogens is 260 g/mol. The number of hydrogen-bond acceptors (Lipinski definition) is 2. The Morgan fingerprint density at radius 3 is 2.58 bits per heavy atom. The van der Waals surface area contributed by atoms with E-state index in [2.05, 4.69) is 24.1 Å².